The molecule has 0 aliphatic carbocycles. The van der Waals surface area contributed by atoms with Crippen molar-refractivity contribution >= 4 is 27.2 Å². The average molecular weight is 323 g/mol. The van der Waals surface area contributed by atoms with Crippen LogP contribution in [0.5, 0.6) is 11.5 Å². The Hall–Kier alpha value is -2.65. The standard InChI is InChI=1S/C13H13N3O5S/c1-21-12-6-10(14)13(22(18,19)20)7-11(12)16-15-8-2-4-9(17)5-3-8/h2-7,17H,14H2,1H3,(H,18,19,20). The minimum Gasteiger partial charge on any atom is -0.508 e. The molecule has 9 heteroatoms. The van der Waals surface area contributed by atoms with Crippen molar-refractivity contribution in [2.45, 2.75) is 4.90 Å². The topological polar surface area (TPSA) is 135 Å². The molecule has 0 aliphatic rings. The molecule has 0 unspecified atom stereocenters. The summed E-state index contributed by atoms with van der Waals surface area (Å²) < 4.78 is 36.7. The van der Waals surface area contributed by atoms with Crippen molar-refractivity contribution in [1.82, 2.24) is 0 Å². The summed E-state index contributed by atoms with van der Waals surface area (Å²) in [6, 6.07) is 8.19. The number of nitrogens with zero attached hydrogens (tertiary/aromatic N) is 2. The van der Waals surface area contributed by atoms with Crippen LogP contribution in [0.1, 0.15) is 0 Å². The van der Waals surface area contributed by atoms with E-state index >= 15 is 0 Å². The second kappa shape index (κ2) is 6.00. The van der Waals surface area contributed by atoms with Crippen molar-refractivity contribution in [3.05, 3.63) is 36.4 Å². The van der Waals surface area contributed by atoms with Crippen LogP contribution in [-0.2, 0) is 10.1 Å². The lowest BCUT2D eigenvalue weighted by Gasteiger charge is -2.08. The van der Waals surface area contributed by atoms with Gasteiger partial charge in [-0.25, -0.2) is 0 Å². The number of azo groups is 1. The average Bonchev–Trinajstić information content (AvgIpc) is 2.46. The molecule has 2 rings (SSSR count). The van der Waals surface area contributed by atoms with E-state index in [9.17, 15) is 13.5 Å². The number of anilines is 1. The SMILES string of the molecule is COc1cc(N)c(S(=O)(=O)O)cc1N=Nc1ccc(O)cc1. The van der Waals surface area contributed by atoms with Gasteiger partial charge in [-0.2, -0.15) is 13.5 Å². The quantitative estimate of drug-likeness (QED) is 0.450. The molecule has 0 heterocycles. The van der Waals surface area contributed by atoms with E-state index in [0.717, 1.165) is 6.07 Å². The largest absolute Gasteiger partial charge is 0.508 e. The second-order valence-corrected chi connectivity index (χ2v) is 5.64. The number of hydrogen-bond acceptors (Lipinski definition) is 7. The van der Waals surface area contributed by atoms with Crippen molar-refractivity contribution < 1.29 is 22.8 Å². The highest BCUT2D eigenvalue weighted by Crippen LogP contribution is 2.35. The van der Waals surface area contributed by atoms with Crippen LogP contribution in [0.25, 0.3) is 0 Å². The zero-order chi connectivity index (χ0) is 16.3. The Bertz CT molecular complexity index is 816. The van der Waals surface area contributed by atoms with E-state index in [0.29, 0.717) is 5.69 Å². The van der Waals surface area contributed by atoms with Gasteiger partial charge in [-0.3, -0.25) is 4.55 Å². The summed E-state index contributed by atoms with van der Waals surface area (Å²) >= 11 is 0. The highest BCUT2D eigenvalue weighted by atomic mass is 32.2. The summed E-state index contributed by atoms with van der Waals surface area (Å²) in [5.41, 5.74) is 5.91. The molecule has 0 aromatic heterocycles. The van der Waals surface area contributed by atoms with Gasteiger partial charge in [-0.15, -0.1) is 5.11 Å². The summed E-state index contributed by atoms with van der Waals surface area (Å²) in [7, 11) is -3.12. The number of ether oxygens (including phenoxy) is 1. The highest BCUT2D eigenvalue weighted by molar-refractivity contribution is 7.86. The van der Waals surface area contributed by atoms with E-state index < -0.39 is 15.0 Å². The molecule has 2 aromatic carbocycles. The van der Waals surface area contributed by atoms with Gasteiger partial charge in [0.25, 0.3) is 10.1 Å². The van der Waals surface area contributed by atoms with Gasteiger partial charge in [0.2, 0.25) is 0 Å². The Morgan fingerprint density at radius 3 is 2.32 bits per heavy atom. The molecule has 116 valence electrons. The molecule has 8 nitrogen and oxygen atoms in total. The molecule has 0 amide bonds. The van der Waals surface area contributed by atoms with Gasteiger partial charge in [0.15, 0.2) is 0 Å². The van der Waals surface area contributed by atoms with Gasteiger partial charge in [0.1, 0.15) is 22.1 Å². The van der Waals surface area contributed by atoms with Crippen molar-refractivity contribution in [1.29, 1.82) is 0 Å². The van der Waals surface area contributed by atoms with E-state index in [4.69, 9.17) is 15.0 Å². The normalized spacial score (nSPS) is 11.7. The first-order valence-electron chi connectivity index (χ1n) is 5.97. The van der Waals surface area contributed by atoms with Gasteiger partial charge in [0, 0.05) is 6.07 Å². The minimum atomic E-state index is -4.48. The number of nitrogen functional groups attached to an aromatic ring is 1. The monoisotopic (exact) mass is 323 g/mol. The van der Waals surface area contributed by atoms with E-state index in [-0.39, 0.29) is 22.9 Å². The van der Waals surface area contributed by atoms with Crippen molar-refractivity contribution in [2.24, 2.45) is 10.2 Å². The molecule has 0 bridgehead atoms. The fourth-order valence-corrected chi connectivity index (χ4v) is 2.28. The van der Waals surface area contributed by atoms with Crippen LogP contribution in [0.15, 0.2) is 51.5 Å². The smallest absolute Gasteiger partial charge is 0.296 e. The van der Waals surface area contributed by atoms with Gasteiger partial charge in [-0.05, 0) is 30.3 Å². The number of aromatic hydroxyl groups is 1. The van der Waals surface area contributed by atoms with E-state index in [1.54, 1.807) is 0 Å². The predicted octanol–water partition coefficient (Wildman–Crippen LogP) is 2.65. The zero-order valence-electron chi connectivity index (χ0n) is 11.5. The van der Waals surface area contributed by atoms with Crippen molar-refractivity contribution in [3.8, 4) is 11.5 Å². The summed E-state index contributed by atoms with van der Waals surface area (Å²) in [6.07, 6.45) is 0. The molecular formula is C13H13N3O5S. The first-order chi connectivity index (χ1) is 10.3. The lowest BCUT2D eigenvalue weighted by atomic mass is 10.2. The Morgan fingerprint density at radius 2 is 1.77 bits per heavy atom. The molecule has 0 fully saturated rings. The summed E-state index contributed by atoms with van der Waals surface area (Å²) in [4.78, 5) is -0.479. The van der Waals surface area contributed by atoms with Crippen molar-refractivity contribution in [3.63, 3.8) is 0 Å². The fraction of sp³-hybridized carbons (Fsp3) is 0.0769. The van der Waals surface area contributed by atoms with Crippen LogP contribution in [0.3, 0.4) is 0 Å². The minimum absolute atomic E-state index is 0.0809. The summed E-state index contributed by atoms with van der Waals surface area (Å²) in [5, 5.41) is 17.0. The molecule has 0 aliphatic heterocycles. The molecule has 2 aromatic rings. The maximum Gasteiger partial charge on any atom is 0.296 e. The Kier molecular flexibility index (Phi) is 4.29. The third kappa shape index (κ3) is 3.51. The zero-order valence-corrected chi connectivity index (χ0v) is 12.3. The van der Waals surface area contributed by atoms with Crippen LogP contribution >= 0.6 is 0 Å². The molecule has 0 saturated heterocycles. The molecule has 0 atom stereocenters. The number of benzene rings is 2. The third-order valence-electron chi connectivity index (χ3n) is 2.71. The molecule has 0 saturated carbocycles. The maximum atomic E-state index is 11.3. The summed E-state index contributed by atoms with van der Waals surface area (Å²) in [5.74, 6) is 0.283. The second-order valence-electron chi connectivity index (χ2n) is 4.25. The number of methoxy groups -OCH3 is 1. The van der Waals surface area contributed by atoms with Crippen LogP contribution < -0.4 is 10.5 Å². The Morgan fingerprint density at radius 1 is 1.14 bits per heavy atom. The van der Waals surface area contributed by atoms with Crippen LogP contribution in [0, 0.1) is 0 Å². The third-order valence-corrected chi connectivity index (χ3v) is 3.62. The number of phenolic OH excluding ortho intramolecular Hbond substituents is 1. The molecule has 4 N–H and O–H groups in total. The van der Waals surface area contributed by atoms with Crippen LogP contribution in [0.2, 0.25) is 0 Å². The van der Waals surface area contributed by atoms with Crippen molar-refractivity contribution in [2.75, 3.05) is 12.8 Å². The number of hydrogen-bond donors (Lipinski definition) is 3. The molecule has 0 radical (unpaired) electrons. The first kappa shape index (κ1) is 15.7. The maximum absolute atomic E-state index is 11.3. The number of phenols is 1. The van der Waals surface area contributed by atoms with Crippen LogP contribution in [-0.4, -0.2) is 25.2 Å². The van der Waals surface area contributed by atoms with E-state index in [2.05, 4.69) is 10.2 Å². The van der Waals surface area contributed by atoms with Gasteiger partial charge < -0.3 is 15.6 Å². The van der Waals surface area contributed by atoms with Gasteiger partial charge >= 0.3 is 0 Å². The first-order valence-corrected chi connectivity index (χ1v) is 7.41. The molecule has 22 heavy (non-hydrogen) atoms. The lowest BCUT2D eigenvalue weighted by Crippen LogP contribution is -2.03. The van der Waals surface area contributed by atoms with Gasteiger partial charge in [-0.1, -0.05) is 0 Å². The number of rotatable bonds is 4. The highest BCUT2D eigenvalue weighted by Gasteiger charge is 2.18. The Labute approximate surface area is 126 Å². The molecule has 0 spiro atoms. The van der Waals surface area contributed by atoms with E-state index in [1.807, 2.05) is 0 Å². The summed E-state index contributed by atoms with van der Waals surface area (Å²) in [6.45, 7) is 0. The fourth-order valence-electron chi connectivity index (χ4n) is 1.66. The number of nitrogens with two attached hydrogens (primary N) is 1. The van der Waals surface area contributed by atoms with Crippen LogP contribution in [0.4, 0.5) is 17.1 Å². The predicted molar refractivity (Wildman–Crippen MR) is 79.5 cm³/mol. The van der Waals surface area contributed by atoms with Gasteiger partial charge in [0.05, 0.1) is 18.5 Å². The lowest BCUT2D eigenvalue weighted by molar-refractivity contribution is 0.415. The molecular weight excluding hydrogens is 310 g/mol. The van der Waals surface area contributed by atoms with E-state index in [1.165, 1.54) is 37.4 Å². The Balaban J connectivity index is 2.47.